The summed E-state index contributed by atoms with van der Waals surface area (Å²) in [4.78, 5) is 22.8. The molecule has 0 saturated carbocycles. The number of rotatable bonds is 6. The van der Waals surface area contributed by atoms with Crippen molar-refractivity contribution in [2.24, 2.45) is 5.73 Å². The third kappa shape index (κ3) is 5.72. The Bertz CT molecular complexity index is 398. The van der Waals surface area contributed by atoms with Gasteiger partial charge in [0.05, 0.1) is 19.4 Å². The fraction of sp³-hybridized carbons (Fsp3) is 0.385. The highest BCUT2D eigenvalue weighted by atomic mass is 35.5. The molecule has 1 aromatic rings. The zero-order valence-electron chi connectivity index (χ0n) is 10.8. The van der Waals surface area contributed by atoms with Crippen molar-refractivity contribution in [1.29, 1.82) is 0 Å². The second-order valence-electron chi connectivity index (χ2n) is 3.82. The summed E-state index contributed by atoms with van der Waals surface area (Å²) in [7, 11) is 1.32. The van der Waals surface area contributed by atoms with Gasteiger partial charge in [-0.15, -0.1) is 12.4 Å². The number of halogens is 1. The summed E-state index contributed by atoms with van der Waals surface area (Å²) in [5, 5.41) is 2.68. The first-order valence-electron chi connectivity index (χ1n) is 5.78. The SMILES string of the molecule is COC(=O)CCNC(=O)C(CN)c1ccccc1.Cl. The van der Waals surface area contributed by atoms with Crippen LogP contribution in [0, 0.1) is 0 Å². The molecule has 0 aliphatic carbocycles. The Morgan fingerprint density at radius 3 is 2.47 bits per heavy atom. The van der Waals surface area contributed by atoms with Crippen molar-refractivity contribution in [3.05, 3.63) is 35.9 Å². The second-order valence-corrected chi connectivity index (χ2v) is 3.82. The maximum Gasteiger partial charge on any atom is 0.307 e. The van der Waals surface area contributed by atoms with E-state index in [1.165, 1.54) is 7.11 Å². The van der Waals surface area contributed by atoms with Crippen LogP contribution in [0.2, 0.25) is 0 Å². The van der Waals surface area contributed by atoms with E-state index in [1.807, 2.05) is 30.3 Å². The Morgan fingerprint density at radius 1 is 1.32 bits per heavy atom. The van der Waals surface area contributed by atoms with Crippen LogP contribution in [0.5, 0.6) is 0 Å². The van der Waals surface area contributed by atoms with Crippen molar-refractivity contribution in [3.8, 4) is 0 Å². The summed E-state index contributed by atoms with van der Waals surface area (Å²) in [6.45, 7) is 0.489. The Balaban J connectivity index is 0.00000324. The molecule has 0 radical (unpaired) electrons. The average molecular weight is 287 g/mol. The van der Waals surface area contributed by atoms with E-state index < -0.39 is 0 Å². The highest BCUT2D eigenvalue weighted by molar-refractivity contribution is 5.85. The maximum absolute atomic E-state index is 11.9. The van der Waals surface area contributed by atoms with Gasteiger partial charge in [-0.05, 0) is 5.56 Å². The first-order chi connectivity index (χ1) is 8.69. The predicted octanol–water partition coefficient (Wildman–Crippen LogP) is 0.830. The average Bonchev–Trinajstić information content (AvgIpc) is 2.40. The summed E-state index contributed by atoms with van der Waals surface area (Å²) in [5.41, 5.74) is 6.48. The molecule has 0 aliphatic rings. The molecule has 0 saturated heterocycles. The van der Waals surface area contributed by atoms with Crippen LogP contribution in [0.3, 0.4) is 0 Å². The molecular weight excluding hydrogens is 268 g/mol. The van der Waals surface area contributed by atoms with Crippen LogP contribution in [0.1, 0.15) is 17.9 Å². The fourth-order valence-corrected chi connectivity index (χ4v) is 1.59. The Morgan fingerprint density at radius 2 is 1.95 bits per heavy atom. The molecule has 106 valence electrons. The van der Waals surface area contributed by atoms with Gasteiger partial charge in [0.25, 0.3) is 0 Å². The molecule has 0 aromatic heterocycles. The fourth-order valence-electron chi connectivity index (χ4n) is 1.59. The molecule has 6 heteroatoms. The van der Waals surface area contributed by atoms with Crippen LogP contribution in [-0.4, -0.2) is 32.1 Å². The number of hydrogen-bond acceptors (Lipinski definition) is 4. The normalized spacial score (nSPS) is 11.1. The van der Waals surface area contributed by atoms with Crippen LogP contribution >= 0.6 is 12.4 Å². The molecule has 0 bridgehead atoms. The van der Waals surface area contributed by atoms with Gasteiger partial charge in [0.15, 0.2) is 0 Å². The van der Waals surface area contributed by atoms with E-state index in [0.29, 0.717) is 0 Å². The van der Waals surface area contributed by atoms with E-state index >= 15 is 0 Å². The number of carbonyl (C=O) groups excluding carboxylic acids is 2. The molecule has 1 amide bonds. The largest absolute Gasteiger partial charge is 0.469 e. The minimum absolute atomic E-state index is 0. The number of ether oxygens (including phenoxy) is 1. The van der Waals surface area contributed by atoms with Gasteiger partial charge < -0.3 is 15.8 Å². The van der Waals surface area contributed by atoms with Crippen LogP contribution in [-0.2, 0) is 14.3 Å². The summed E-state index contributed by atoms with van der Waals surface area (Å²) in [5.74, 6) is -0.907. The quantitative estimate of drug-likeness (QED) is 0.759. The number of methoxy groups -OCH3 is 1. The van der Waals surface area contributed by atoms with E-state index in [4.69, 9.17) is 5.73 Å². The predicted molar refractivity (Wildman–Crippen MR) is 75.1 cm³/mol. The summed E-state index contributed by atoms with van der Waals surface area (Å²) in [6.07, 6.45) is 0.161. The number of benzene rings is 1. The van der Waals surface area contributed by atoms with E-state index in [-0.39, 0.29) is 49.7 Å². The third-order valence-electron chi connectivity index (χ3n) is 2.61. The topological polar surface area (TPSA) is 81.4 Å². The highest BCUT2D eigenvalue weighted by Gasteiger charge is 2.18. The molecule has 0 heterocycles. The molecule has 3 N–H and O–H groups in total. The van der Waals surface area contributed by atoms with Crippen molar-refractivity contribution in [3.63, 3.8) is 0 Å². The lowest BCUT2D eigenvalue weighted by molar-refractivity contribution is -0.140. The maximum atomic E-state index is 11.9. The van der Waals surface area contributed by atoms with Crippen molar-refractivity contribution in [2.75, 3.05) is 20.2 Å². The van der Waals surface area contributed by atoms with Gasteiger partial charge in [-0.1, -0.05) is 30.3 Å². The molecular formula is C13H19ClN2O3. The minimum atomic E-state index is -0.385. The third-order valence-corrected chi connectivity index (χ3v) is 2.61. The van der Waals surface area contributed by atoms with Gasteiger partial charge in [-0.25, -0.2) is 0 Å². The second kappa shape index (κ2) is 9.35. The minimum Gasteiger partial charge on any atom is -0.469 e. The number of hydrogen-bond donors (Lipinski definition) is 2. The monoisotopic (exact) mass is 286 g/mol. The van der Waals surface area contributed by atoms with Crippen molar-refractivity contribution in [1.82, 2.24) is 5.32 Å². The van der Waals surface area contributed by atoms with Gasteiger partial charge in [-0.2, -0.15) is 0 Å². The molecule has 0 spiro atoms. The number of nitrogens with one attached hydrogen (secondary N) is 1. The zero-order chi connectivity index (χ0) is 13.4. The van der Waals surface area contributed by atoms with Gasteiger partial charge in [0, 0.05) is 13.1 Å². The van der Waals surface area contributed by atoms with Crippen LogP contribution in [0.15, 0.2) is 30.3 Å². The van der Waals surface area contributed by atoms with Crippen LogP contribution in [0.25, 0.3) is 0 Å². The Kier molecular flexibility index (Phi) is 8.57. The molecule has 1 aromatic carbocycles. The molecule has 1 atom stereocenters. The molecule has 5 nitrogen and oxygen atoms in total. The summed E-state index contributed by atoms with van der Waals surface area (Å²) >= 11 is 0. The summed E-state index contributed by atoms with van der Waals surface area (Å²) in [6, 6.07) is 9.32. The Labute approximate surface area is 118 Å². The smallest absolute Gasteiger partial charge is 0.307 e. The van der Waals surface area contributed by atoms with Crippen molar-refractivity contribution < 1.29 is 14.3 Å². The van der Waals surface area contributed by atoms with Gasteiger partial charge in [0.2, 0.25) is 5.91 Å². The molecule has 1 rings (SSSR count). The lowest BCUT2D eigenvalue weighted by atomic mass is 9.98. The zero-order valence-corrected chi connectivity index (χ0v) is 11.6. The van der Waals surface area contributed by atoms with E-state index in [0.717, 1.165) is 5.56 Å². The molecule has 1 unspecified atom stereocenters. The number of amides is 1. The number of carbonyl (C=O) groups is 2. The standard InChI is InChI=1S/C13H18N2O3.ClH/c1-18-12(16)7-8-15-13(17)11(9-14)10-5-3-2-4-6-10;/h2-6,11H,7-9,14H2,1H3,(H,15,17);1H. The van der Waals surface area contributed by atoms with Crippen molar-refractivity contribution >= 4 is 24.3 Å². The molecule has 0 fully saturated rings. The number of nitrogens with two attached hydrogens (primary N) is 1. The molecule has 19 heavy (non-hydrogen) atoms. The van der Waals surface area contributed by atoms with Gasteiger partial charge >= 0.3 is 5.97 Å². The van der Waals surface area contributed by atoms with E-state index in [9.17, 15) is 9.59 Å². The molecule has 0 aliphatic heterocycles. The van der Waals surface area contributed by atoms with E-state index in [1.54, 1.807) is 0 Å². The van der Waals surface area contributed by atoms with Crippen LogP contribution in [0.4, 0.5) is 0 Å². The Hall–Kier alpha value is -1.59. The first kappa shape index (κ1) is 17.4. The number of esters is 1. The van der Waals surface area contributed by atoms with Gasteiger partial charge in [0.1, 0.15) is 0 Å². The summed E-state index contributed by atoms with van der Waals surface area (Å²) < 4.78 is 4.49. The van der Waals surface area contributed by atoms with Crippen LogP contribution < -0.4 is 11.1 Å². The lowest BCUT2D eigenvalue weighted by Gasteiger charge is -2.14. The van der Waals surface area contributed by atoms with Crippen molar-refractivity contribution in [2.45, 2.75) is 12.3 Å². The lowest BCUT2D eigenvalue weighted by Crippen LogP contribution is -2.34. The highest BCUT2D eigenvalue weighted by Crippen LogP contribution is 2.13. The first-order valence-corrected chi connectivity index (χ1v) is 5.78. The van der Waals surface area contributed by atoms with E-state index in [2.05, 4.69) is 10.1 Å². The van der Waals surface area contributed by atoms with Gasteiger partial charge in [-0.3, -0.25) is 9.59 Å².